The maximum absolute atomic E-state index is 13.6. The minimum Gasteiger partial charge on any atom is -0.398 e. The molecule has 2 aromatic rings. The summed E-state index contributed by atoms with van der Waals surface area (Å²) in [6.45, 7) is 0. The average Bonchev–Trinajstić information content (AvgIpc) is 3.00. The Morgan fingerprint density at radius 3 is 2.69 bits per heavy atom. The van der Waals surface area contributed by atoms with Crippen molar-refractivity contribution in [3.05, 3.63) is 47.9 Å². The molecule has 2 aromatic heterocycles. The Balaban J connectivity index is 1.71. The maximum atomic E-state index is 13.6. The van der Waals surface area contributed by atoms with Crippen molar-refractivity contribution in [2.45, 2.75) is 37.3 Å². The lowest BCUT2D eigenvalue weighted by atomic mass is 9.77. The Kier molecular flexibility index (Phi) is 3.72. The molecule has 26 heavy (non-hydrogen) atoms. The first-order chi connectivity index (χ1) is 12.3. The van der Waals surface area contributed by atoms with Crippen LogP contribution in [0.25, 0.3) is 5.65 Å². The van der Waals surface area contributed by atoms with Crippen molar-refractivity contribution < 1.29 is 13.2 Å². The van der Waals surface area contributed by atoms with E-state index >= 15 is 0 Å². The third-order valence-electron chi connectivity index (χ3n) is 5.18. The van der Waals surface area contributed by atoms with Gasteiger partial charge >= 0.3 is 0 Å². The molecule has 0 aromatic carbocycles. The minimum absolute atomic E-state index is 0.233. The van der Waals surface area contributed by atoms with Crippen LogP contribution in [0.15, 0.2) is 41.4 Å². The number of nitrogens with two attached hydrogens (primary N) is 2. The van der Waals surface area contributed by atoms with Gasteiger partial charge in [-0.15, -0.1) is 0 Å². The number of nitrogens with one attached hydrogen (secondary N) is 1. The van der Waals surface area contributed by atoms with E-state index in [4.69, 9.17) is 11.5 Å². The summed E-state index contributed by atoms with van der Waals surface area (Å²) in [7, 11) is 0. The predicted molar refractivity (Wildman–Crippen MR) is 90.9 cm³/mol. The fraction of sp³-hybridized carbons (Fsp3) is 0.412. The van der Waals surface area contributed by atoms with Gasteiger partial charge in [0.2, 0.25) is 5.92 Å². The molecular weight excluding hydrogens is 345 g/mol. The summed E-state index contributed by atoms with van der Waals surface area (Å²) >= 11 is 0. The number of alkyl halides is 2. The van der Waals surface area contributed by atoms with E-state index in [-0.39, 0.29) is 37.3 Å². The van der Waals surface area contributed by atoms with E-state index < -0.39 is 17.4 Å². The highest BCUT2D eigenvalue weighted by atomic mass is 19.3. The number of aliphatic imine (C=N–C) groups is 1. The number of amidine groups is 1. The zero-order chi connectivity index (χ0) is 18.5. The lowest BCUT2D eigenvalue weighted by Crippen LogP contribution is -2.55. The number of rotatable bonds is 2. The Morgan fingerprint density at radius 1 is 1.23 bits per heavy atom. The second kappa shape index (κ2) is 5.73. The van der Waals surface area contributed by atoms with Crippen molar-refractivity contribution >= 4 is 11.5 Å². The maximum Gasteiger partial charge on any atom is 0.248 e. The zero-order valence-corrected chi connectivity index (χ0v) is 13.9. The molecule has 0 saturated heterocycles. The zero-order valence-electron chi connectivity index (χ0n) is 13.9. The minimum atomic E-state index is -2.66. The Labute approximate surface area is 147 Å². The van der Waals surface area contributed by atoms with Crippen LogP contribution in [0.2, 0.25) is 0 Å². The van der Waals surface area contributed by atoms with Crippen molar-refractivity contribution in [2.24, 2.45) is 22.4 Å². The molecule has 5 N–H and O–H groups in total. The quantitative estimate of drug-likeness (QED) is 0.761. The average molecular weight is 364 g/mol. The van der Waals surface area contributed by atoms with Gasteiger partial charge < -0.3 is 16.8 Å². The Morgan fingerprint density at radius 2 is 1.96 bits per heavy atom. The standard InChI is InChI=1S/C17H19F3N6/c18-11-1-2-14-23-7-12(26(14)9-11)15-24-8-13(21)17(22,25-15)10-3-5-16(19,20)6-4-10/h1-2,7-10H,3-6,21-22H2,(H,24,25). The van der Waals surface area contributed by atoms with Gasteiger partial charge in [-0.25, -0.2) is 23.1 Å². The van der Waals surface area contributed by atoms with E-state index in [0.717, 1.165) is 0 Å². The van der Waals surface area contributed by atoms with Crippen LogP contribution in [-0.4, -0.2) is 26.8 Å². The van der Waals surface area contributed by atoms with E-state index in [1.807, 2.05) is 0 Å². The van der Waals surface area contributed by atoms with E-state index in [0.29, 0.717) is 17.2 Å². The Bertz CT molecular complexity index is 908. The molecule has 6 nitrogen and oxygen atoms in total. The molecule has 4 rings (SSSR count). The van der Waals surface area contributed by atoms with E-state index in [1.54, 1.807) is 16.7 Å². The number of hydrogen-bond donors (Lipinski definition) is 3. The number of halogens is 3. The largest absolute Gasteiger partial charge is 0.398 e. The number of hydrogen-bond acceptors (Lipinski definition) is 5. The summed E-state index contributed by atoms with van der Waals surface area (Å²) in [5.74, 6) is -3.01. The highest BCUT2D eigenvalue weighted by Crippen LogP contribution is 2.42. The van der Waals surface area contributed by atoms with Gasteiger partial charge in [0, 0.05) is 31.2 Å². The second-order valence-corrected chi connectivity index (χ2v) is 6.88. The molecule has 1 aliphatic carbocycles. The summed E-state index contributed by atoms with van der Waals surface area (Å²) in [5, 5.41) is 2.94. The summed E-state index contributed by atoms with van der Waals surface area (Å²) in [6, 6.07) is 2.86. The third-order valence-corrected chi connectivity index (χ3v) is 5.18. The SMILES string of the molecule is NC1=CNC(c2cnc3ccc(F)cn23)=NC1(N)C1CCC(F)(F)CC1. The van der Waals surface area contributed by atoms with Gasteiger partial charge in [-0.2, -0.15) is 0 Å². The summed E-state index contributed by atoms with van der Waals surface area (Å²) in [5.41, 5.74) is 12.6. The van der Waals surface area contributed by atoms with E-state index in [1.165, 1.54) is 18.5 Å². The molecule has 1 aliphatic heterocycles. The fourth-order valence-electron chi connectivity index (χ4n) is 3.61. The van der Waals surface area contributed by atoms with Crippen LogP contribution in [0, 0.1) is 11.7 Å². The number of fused-ring (bicyclic) bond motifs is 1. The molecule has 1 atom stereocenters. The molecule has 0 radical (unpaired) electrons. The van der Waals surface area contributed by atoms with Crippen molar-refractivity contribution in [1.82, 2.24) is 14.7 Å². The van der Waals surface area contributed by atoms with Crippen LogP contribution in [0.1, 0.15) is 31.4 Å². The van der Waals surface area contributed by atoms with Crippen LogP contribution in [-0.2, 0) is 0 Å². The molecule has 1 saturated carbocycles. The number of imidazole rings is 1. The second-order valence-electron chi connectivity index (χ2n) is 6.88. The van der Waals surface area contributed by atoms with Crippen LogP contribution in [0.3, 0.4) is 0 Å². The Hall–Kier alpha value is -2.55. The van der Waals surface area contributed by atoms with Gasteiger partial charge in [-0.05, 0) is 25.0 Å². The molecule has 3 heterocycles. The molecule has 0 bridgehead atoms. The molecule has 0 amide bonds. The lowest BCUT2D eigenvalue weighted by Gasteiger charge is -2.40. The summed E-state index contributed by atoms with van der Waals surface area (Å²) < 4.78 is 42.1. The smallest absolute Gasteiger partial charge is 0.248 e. The van der Waals surface area contributed by atoms with Crippen LogP contribution in [0.5, 0.6) is 0 Å². The van der Waals surface area contributed by atoms with Crippen LogP contribution in [0.4, 0.5) is 13.2 Å². The topological polar surface area (TPSA) is 93.7 Å². The van der Waals surface area contributed by atoms with Gasteiger partial charge in [0.15, 0.2) is 11.5 Å². The van der Waals surface area contributed by atoms with Gasteiger partial charge in [0.05, 0.1) is 11.9 Å². The molecule has 1 unspecified atom stereocenters. The molecule has 2 aliphatic rings. The number of aromatic nitrogens is 2. The van der Waals surface area contributed by atoms with Gasteiger partial charge in [0.1, 0.15) is 17.2 Å². The first kappa shape index (κ1) is 16.9. The van der Waals surface area contributed by atoms with Crippen molar-refractivity contribution in [1.29, 1.82) is 0 Å². The van der Waals surface area contributed by atoms with Crippen molar-refractivity contribution in [2.75, 3.05) is 0 Å². The molecule has 9 heteroatoms. The van der Waals surface area contributed by atoms with Crippen LogP contribution < -0.4 is 16.8 Å². The molecule has 1 fully saturated rings. The number of nitrogens with zero attached hydrogens (tertiary/aromatic N) is 3. The molecular formula is C17H19F3N6. The summed E-state index contributed by atoms with van der Waals surface area (Å²) in [6.07, 6.45) is 4.36. The van der Waals surface area contributed by atoms with Gasteiger partial charge in [0.25, 0.3) is 0 Å². The monoisotopic (exact) mass is 364 g/mol. The molecule has 138 valence electrons. The molecule has 0 spiro atoms. The first-order valence-corrected chi connectivity index (χ1v) is 8.41. The predicted octanol–water partition coefficient (Wildman–Crippen LogP) is 2.10. The van der Waals surface area contributed by atoms with Crippen LogP contribution >= 0.6 is 0 Å². The first-order valence-electron chi connectivity index (χ1n) is 8.41. The van der Waals surface area contributed by atoms with E-state index in [9.17, 15) is 13.2 Å². The highest BCUT2D eigenvalue weighted by molar-refractivity contribution is 5.99. The highest BCUT2D eigenvalue weighted by Gasteiger charge is 2.45. The third kappa shape index (κ3) is 2.72. The normalized spacial score (nSPS) is 26.3. The fourth-order valence-corrected chi connectivity index (χ4v) is 3.61. The van der Waals surface area contributed by atoms with E-state index in [2.05, 4.69) is 15.3 Å². The van der Waals surface area contributed by atoms with Gasteiger partial charge in [-0.1, -0.05) is 0 Å². The lowest BCUT2D eigenvalue weighted by molar-refractivity contribution is -0.0521. The van der Waals surface area contributed by atoms with Crippen molar-refractivity contribution in [3.63, 3.8) is 0 Å². The van der Waals surface area contributed by atoms with Crippen molar-refractivity contribution in [3.8, 4) is 0 Å². The number of pyridine rings is 1. The summed E-state index contributed by atoms with van der Waals surface area (Å²) in [4.78, 5) is 8.77. The van der Waals surface area contributed by atoms with Gasteiger partial charge in [-0.3, -0.25) is 4.40 Å².